The van der Waals surface area contributed by atoms with Crippen LogP contribution in [0.2, 0.25) is 5.02 Å². The number of aryl methyl sites for hydroxylation is 1. The first kappa shape index (κ1) is 31.3. The van der Waals surface area contributed by atoms with E-state index in [0.29, 0.717) is 41.1 Å². The van der Waals surface area contributed by atoms with Crippen molar-refractivity contribution in [3.05, 3.63) is 87.5 Å². The molecule has 0 amide bonds. The van der Waals surface area contributed by atoms with Crippen LogP contribution >= 0.6 is 39.9 Å². The van der Waals surface area contributed by atoms with Gasteiger partial charge in [-0.3, -0.25) is 0 Å². The number of aromatic nitrogens is 1. The molecule has 0 spiro atoms. The predicted molar refractivity (Wildman–Crippen MR) is 171 cm³/mol. The molecule has 1 aliphatic rings. The second kappa shape index (κ2) is 14.0. The van der Waals surface area contributed by atoms with Gasteiger partial charge in [0, 0.05) is 30.0 Å². The number of benzene rings is 3. The topological polar surface area (TPSA) is 73.1 Å². The molecule has 2 heterocycles. The van der Waals surface area contributed by atoms with Gasteiger partial charge in [-0.2, -0.15) is 4.31 Å². The minimum absolute atomic E-state index is 0. The average Bonchev–Trinajstić information content (AvgIpc) is 3.39. The number of nitrogens with zero attached hydrogens (tertiary/aromatic N) is 3. The fourth-order valence-electron chi connectivity index (χ4n) is 4.82. The van der Waals surface area contributed by atoms with E-state index in [2.05, 4.69) is 9.95 Å². The van der Waals surface area contributed by atoms with Crippen molar-refractivity contribution in [2.45, 2.75) is 37.1 Å². The minimum Gasteiger partial charge on any atom is -0.493 e. The minimum atomic E-state index is -3.49. The lowest BCUT2D eigenvalue weighted by Crippen LogP contribution is -2.35. The number of ether oxygens (including phenoxy) is 2. The first-order valence-corrected chi connectivity index (χ1v) is 15.9. The molecule has 0 N–H and O–H groups in total. The van der Waals surface area contributed by atoms with Crippen LogP contribution in [0.3, 0.4) is 0 Å². The molecule has 1 fully saturated rings. The highest BCUT2D eigenvalue weighted by Gasteiger charge is 2.26. The Hall–Kier alpha value is -2.63. The molecule has 0 unspecified atom stereocenters. The van der Waals surface area contributed by atoms with Crippen LogP contribution in [0.15, 0.2) is 82.0 Å². The molecule has 11 heteroatoms. The van der Waals surface area contributed by atoms with Crippen molar-refractivity contribution in [1.82, 2.24) is 8.87 Å². The highest BCUT2D eigenvalue weighted by Crippen LogP contribution is 2.29. The van der Waals surface area contributed by atoms with Crippen molar-refractivity contribution in [3.63, 3.8) is 0 Å². The molecule has 1 aliphatic heterocycles. The van der Waals surface area contributed by atoms with Gasteiger partial charge >= 0.3 is 0 Å². The molecular weight excluding hydrogens is 646 g/mol. The molecule has 0 atom stereocenters. The summed E-state index contributed by atoms with van der Waals surface area (Å²) in [5.41, 5.74) is 3.81. The number of hydrogen-bond acceptors (Lipinski definition) is 6. The van der Waals surface area contributed by atoms with Gasteiger partial charge in [-0.1, -0.05) is 36.2 Å². The molecule has 4 aromatic rings. The number of rotatable bonds is 9. The first-order valence-electron chi connectivity index (χ1n) is 13.2. The molecule has 7 nitrogen and oxygen atoms in total. The quantitative estimate of drug-likeness (QED) is 0.189. The summed E-state index contributed by atoms with van der Waals surface area (Å²) in [6.07, 6.45) is 3.63. The summed E-state index contributed by atoms with van der Waals surface area (Å²) in [4.78, 5) is 6.06. The molecule has 0 bridgehead atoms. The van der Waals surface area contributed by atoms with E-state index < -0.39 is 10.0 Å². The second-order valence-electron chi connectivity index (χ2n) is 9.57. The summed E-state index contributed by atoms with van der Waals surface area (Å²) in [7, 11) is -0.237. The van der Waals surface area contributed by atoms with Crippen LogP contribution in [0.5, 0.6) is 11.5 Å². The Bertz CT molecular complexity index is 1630. The number of piperidine rings is 1. The summed E-state index contributed by atoms with van der Waals surface area (Å²) >= 11 is 7.62. The van der Waals surface area contributed by atoms with Crippen molar-refractivity contribution in [3.8, 4) is 22.8 Å². The van der Waals surface area contributed by atoms with E-state index in [1.807, 2.05) is 54.6 Å². The lowest BCUT2D eigenvalue weighted by Gasteiger charge is -2.25. The van der Waals surface area contributed by atoms with Crippen molar-refractivity contribution < 1.29 is 17.9 Å². The van der Waals surface area contributed by atoms with E-state index in [-0.39, 0.29) is 17.0 Å². The number of sulfonamides is 1. The third-order valence-corrected chi connectivity index (χ3v) is 10.1. The fraction of sp³-hybridized carbons (Fsp3) is 0.300. The van der Waals surface area contributed by atoms with Gasteiger partial charge in [0.2, 0.25) is 10.0 Å². The lowest BCUT2D eigenvalue weighted by molar-refractivity contribution is 0.346. The molecule has 0 saturated carbocycles. The highest BCUT2D eigenvalue weighted by molar-refractivity contribution is 8.93. The Morgan fingerprint density at radius 1 is 0.902 bits per heavy atom. The zero-order valence-corrected chi connectivity index (χ0v) is 27.1. The van der Waals surface area contributed by atoms with Crippen LogP contribution in [0.25, 0.3) is 11.3 Å². The Labute approximate surface area is 260 Å². The van der Waals surface area contributed by atoms with Crippen LogP contribution < -0.4 is 14.3 Å². The Morgan fingerprint density at radius 3 is 2.24 bits per heavy atom. The van der Waals surface area contributed by atoms with Gasteiger partial charge in [-0.05, 0) is 78.9 Å². The van der Waals surface area contributed by atoms with E-state index in [9.17, 15) is 8.42 Å². The summed E-state index contributed by atoms with van der Waals surface area (Å²) in [6, 6.07) is 20.6. The molecule has 218 valence electrons. The van der Waals surface area contributed by atoms with Crippen molar-refractivity contribution in [1.29, 1.82) is 0 Å². The summed E-state index contributed by atoms with van der Waals surface area (Å²) in [5.74, 6) is 1.38. The maximum absolute atomic E-state index is 13.2. The Morgan fingerprint density at radius 2 is 1.59 bits per heavy atom. The molecule has 5 rings (SSSR count). The molecule has 1 aromatic heterocycles. The van der Waals surface area contributed by atoms with Gasteiger partial charge in [-0.15, -0.1) is 28.3 Å². The Balaban J connectivity index is 0.00000387. The van der Waals surface area contributed by atoms with Gasteiger partial charge in [0.1, 0.15) is 0 Å². The number of halogens is 2. The largest absolute Gasteiger partial charge is 0.493 e. The van der Waals surface area contributed by atoms with E-state index in [0.717, 1.165) is 53.0 Å². The van der Waals surface area contributed by atoms with Gasteiger partial charge in [-0.25, -0.2) is 13.4 Å². The van der Waals surface area contributed by atoms with E-state index in [1.54, 1.807) is 42.0 Å². The number of methoxy groups -OCH3 is 2. The van der Waals surface area contributed by atoms with Crippen LogP contribution in [-0.2, 0) is 23.0 Å². The molecule has 0 aliphatic carbocycles. The van der Waals surface area contributed by atoms with Crippen LogP contribution in [0, 0.1) is 0 Å². The zero-order valence-electron chi connectivity index (χ0n) is 23.0. The van der Waals surface area contributed by atoms with Crippen molar-refractivity contribution in [2.24, 2.45) is 4.99 Å². The smallest absolute Gasteiger partial charge is 0.243 e. The van der Waals surface area contributed by atoms with Crippen molar-refractivity contribution >= 4 is 55.6 Å². The maximum Gasteiger partial charge on any atom is 0.243 e. The highest BCUT2D eigenvalue weighted by atomic mass is 79.9. The molecular formula is C30H33BrClN3O4S2. The molecule has 0 radical (unpaired) electrons. The third-order valence-electron chi connectivity index (χ3n) is 7.02. The number of hydrogen-bond donors (Lipinski definition) is 0. The van der Waals surface area contributed by atoms with Gasteiger partial charge < -0.3 is 14.0 Å². The lowest BCUT2D eigenvalue weighted by atomic mass is 10.1. The molecule has 41 heavy (non-hydrogen) atoms. The summed E-state index contributed by atoms with van der Waals surface area (Å²) < 4.78 is 41.0. The third kappa shape index (κ3) is 7.24. The first-order chi connectivity index (χ1) is 19.4. The van der Waals surface area contributed by atoms with Crippen LogP contribution in [0.4, 0.5) is 5.69 Å². The zero-order chi connectivity index (χ0) is 28.1. The monoisotopic (exact) mass is 677 g/mol. The van der Waals surface area contributed by atoms with Gasteiger partial charge in [0.05, 0.1) is 30.5 Å². The average molecular weight is 679 g/mol. The predicted octanol–water partition coefficient (Wildman–Crippen LogP) is 7.11. The summed E-state index contributed by atoms with van der Waals surface area (Å²) in [6.45, 7) is 1.83. The number of thiazole rings is 1. The normalized spacial score (nSPS) is 14.5. The fourth-order valence-corrected chi connectivity index (χ4v) is 7.42. The summed E-state index contributed by atoms with van der Waals surface area (Å²) in [5, 5.41) is 2.73. The molecule has 3 aromatic carbocycles. The van der Waals surface area contributed by atoms with Crippen LogP contribution in [-0.4, -0.2) is 44.6 Å². The van der Waals surface area contributed by atoms with Gasteiger partial charge in [0.25, 0.3) is 0 Å². The van der Waals surface area contributed by atoms with E-state index in [1.165, 1.54) is 0 Å². The van der Waals surface area contributed by atoms with Gasteiger partial charge in [0.15, 0.2) is 16.3 Å². The SMILES string of the molecule is Br.COc1ccc(CCn2c(-c3ccc(S(=O)(=O)N4CCCCC4)cc3)csc2=Nc2ccc(Cl)cc2)cc1OC. The second-order valence-corrected chi connectivity index (χ2v) is 12.8. The maximum atomic E-state index is 13.2. The molecule has 1 saturated heterocycles. The van der Waals surface area contributed by atoms with Crippen LogP contribution in [0.1, 0.15) is 24.8 Å². The van der Waals surface area contributed by atoms with Crippen molar-refractivity contribution in [2.75, 3.05) is 27.3 Å². The standard InChI is InChI=1S/C30H32ClN3O4S2.BrH/c1-37-28-15-6-22(20-29(28)38-2)16-19-34-27(21-39-30(34)32-25-11-9-24(31)10-12-25)23-7-13-26(14-8-23)40(35,36)33-17-4-3-5-18-33;/h6-15,20-21H,3-5,16-19H2,1-2H3;1H. The Kier molecular flexibility index (Phi) is 10.7. The van der Waals surface area contributed by atoms with E-state index >= 15 is 0 Å². The van der Waals surface area contributed by atoms with E-state index in [4.69, 9.17) is 26.1 Å².